The molecule has 1 aliphatic heterocycles. The summed E-state index contributed by atoms with van der Waals surface area (Å²) < 4.78 is 10.6. The number of carbonyl (C=O) groups is 1. The Balaban J connectivity index is 1.42. The molecule has 0 spiro atoms. The first-order chi connectivity index (χ1) is 11.3. The van der Waals surface area contributed by atoms with Crippen molar-refractivity contribution in [3.8, 4) is 0 Å². The van der Waals surface area contributed by atoms with Crippen LogP contribution in [0.2, 0.25) is 0 Å². The number of hydrogen-bond donors (Lipinski definition) is 1. The molecular weight excluding hydrogens is 292 g/mol. The minimum absolute atomic E-state index is 0.0141. The maximum atomic E-state index is 11.9. The van der Waals surface area contributed by atoms with Crippen LogP contribution in [-0.4, -0.2) is 30.8 Å². The van der Waals surface area contributed by atoms with Crippen molar-refractivity contribution in [3.63, 3.8) is 0 Å². The molecule has 5 nitrogen and oxygen atoms in total. The molecule has 2 heterocycles. The SMILES string of the molecule is O=C(Cc1cc(CCc2ccccc2)on1)NCC1CCOC1. The fraction of sp³-hybridized carbons (Fsp3) is 0.444. The van der Waals surface area contributed by atoms with E-state index in [0.717, 1.165) is 38.2 Å². The zero-order chi connectivity index (χ0) is 15.9. The molecule has 1 aromatic carbocycles. The number of carbonyl (C=O) groups excluding carboxylic acids is 1. The minimum atomic E-state index is -0.0141. The fourth-order valence-corrected chi connectivity index (χ4v) is 2.70. The van der Waals surface area contributed by atoms with Gasteiger partial charge in [0.2, 0.25) is 5.91 Å². The fourth-order valence-electron chi connectivity index (χ4n) is 2.70. The molecule has 0 radical (unpaired) electrons. The van der Waals surface area contributed by atoms with Crippen molar-refractivity contribution < 1.29 is 14.1 Å². The molecular formula is C18H22N2O3. The molecule has 1 atom stereocenters. The zero-order valence-electron chi connectivity index (χ0n) is 13.2. The van der Waals surface area contributed by atoms with E-state index in [1.807, 2.05) is 24.3 Å². The Bertz CT molecular complexity index is 618. The van der Waals surface area contributed by atoms with Gasteiger partial charge in [0.1, 0.15) is 5.76 Å². The topological polar surface area (TPSA) is 64.4 Å². The van der Waals surface area contributed by atoms with Crippen LogP contribution in [0.4, 0.5) is 0 Å². The molecule has 2 aromatic rings. The van der Waals surface area contributed by atoms with Gasteiger partial charge in [0.15, 0.2) is 0 Å². The lowest BCUT2D eigenvalue weighted by molar-refractivity contribution is -0.120. The second-order valence-electron chi connectivity index (χ2n) is 5.98. The number of benzene rings is 1. The van der Waals surface area contributed by atoms with Crippen LogP contribution in [0.15, 0.2) is 40.9 Å². The number of hydrogen-bond acceptors (Lipinski definition) is 4. The highest BCUT2D eigenvalue weighted by atomic mass is 16.5. The molecule has 23 heavy (non-hydrogen) atoms. The van der Waals surface area contributed by atoms with Gasteiger partial charge in [0.25, 0.3) is 0 Å². The van der Waals surface area contributed by atoms with Crippen LogP contribution in [0.25, 0.3) is 0 Å². The number of ether oxygens (including phenoxy) is 1. The summed E-state index contributed by atoms with van der Waals surface area (Å²) in [6.45, 7) is 2.22. The van der Waals surface area contributed by atoms with Gasteiger partial charge in [0.05, 0.1) is 18.7 Å². The molecule has 0 aliphatic carbocycles. The zero-order valence-corrected chi connectivity index (χ0v) is 13.2. The Hall–Kier alpha value is -2.14. The quantitative estimate of drug-likeness (QED) is 0.850. The summed E-state index contributed by atoms with van der Waals surface area (Å²) in [6, 6.07) is 12.1. The maximum absolute atomic E-state index is 11.9. The van der Waals surface area contributed by atoms with E-state index in [-0.39, 0.29) is 12.3 Å². The maximum Gasteiger partial charge on any atom is 0.226 e. The van der Waals surface area contributed by atoms with E-state index in [4.69, 9.17) is 9.26 Å². The van der Waals surface area contributed by atoms with E-state index >= 15 is 0 Å². The van der Waals surface area contributed by atoms with Gasteiger partial charge in [-0.1, -0.05) is 35.5 Å². The molecule has 1 N–H and O–H groups in total. The van der Waals surface area contributed by atoms with Crippen molar-refractivity contribution in [3.05, 3.63) is 53.4 Å². The molecule has 122 valence electrons. The lowest BCUT2D eigenvalue weighted by Gasteiger charge is -2.08. The highest BCUT2D eigenvalue weighted by molar-refractivity contribution is 5.78. The van der Waals surface area contributed by atoms with E-state index in [1.165, 1.54) is 5.56 Å². The van der Waals surface area contributed by atoms with Crippen molar-refractivity contribution in [1.29, 1.82) is 0 Å². The number of rotatable bonds is 7. The smallest absolute Gasteiger partial charge is 0.226 e. The second kappa shape index (κ2) is 7.92. The number of nitrogens with one attached hydrogen (secondary N) is 1. The average molecular weight is 314 g/mol. The van der Waals surface area contributed by atoms with Gasteiger partial charge in [-0.05, 0) is 18.4 Å². The molecule has 1 unspecified atom stereocenters. The summed E-state index contributed by atoms with van der Waals surface area (Å²) in [7, 11) is 0. The summed E-state index contributed by atoms with van der Waals surface area (Å²) in [5.74, 6) is 1.25. The molecule has 0 saturated carbocycles. The van der Waals surface area contributed by atoms with Gasteiger partial charge in [0, 0.05) is 31.6 Å². The highest BCUT2D eigenvalue weighted by Gasteiger charge is 2.17. The molecule has 1 saturated heterocycles. The van der Waals surface area contributed by atoms with Crippen LogP contribution in [0.1, 0.15) is 23.4 Å². The molecule has 5 heteroatoms. The molecule has 1 aliphatic rings. The van der Waals surface area contributed by atoms with Crippen molar-refractivity contribution in [2.24, 2.45) is 5.92 Å². The van der Waals surface area contributed by atoms with E-state index in [0.29, 0.717) is 18.2 Å². The second-order valence-corrected chi connectivity index (χ2v) is 5.98. The van der Waals surface area contributed by atoms with Crippen LogP contribution in [0, 0.1) is 5.92 Å². The van der Waals surface area contributed by atoms with Crippen LogP contribution in [0.3, 0.4) is 0 Å². The lowest BCUT2D eigenvalue weighted by atomic mass is 10.1. The number of nitrogens with zero attached hydrogens (tertiary/aromatic N) is 1. The summed E-state index contributed by atoms with van der Waals surface area (Å²) >= 11 is 0. The minimum Gasteiger partial charge on any atom is -0.381 e. The third kappa shape index (κ3) is 4.93. The Labute approximate surface area is 136 Å². The van der Waals surface area contributed by atoms with E-state index in [1.54, 1.807) is 0 Å². The van der Waals surface area contributed by atoms with Crippen molar-refractivity contribution in [2.45, 2.75) is 25.7 Å². The van der Waals surface area contributed by atoms with Crippen molar-refractivity contribution in [1.82, 2.24) is 10.5 Å². The van der Waals surface area contributed by atoms with E-state index in [2.05, 4.69) is 22.6 Å². The molecule has 1 fully saturated rings. The van der Waals surface area contributed by atoms with E-state index in [9.17, 15) is 4.79 Å². The highest BCUT2D eigenvalue weighted by Crippen LogP contribution is 2.11. The predicted octanol–water partition coefficient (Wildman–Crippen LogP) is 2.16. The van der Waals surface area contributed by atoms with Crippen LogP contribution < -0.4 is 5.32 Å². The van der Waals surface area contributed by atoms with Gasteiger partial charge in [-0.2, -0.15) is 0 Å². The molecule has 1 amide bonds. The van der Waals surface area contributed by atoms with Gasteiger partial charge in [-0.25, -0.2) is 0 Å². The largest absolute Gasteiger partial charge is 0.381 e. The Kier molecular flexibility index (Phi) is 5.42. The Morgan fingerprint density at radius 1 is 1.26 bits per heavy atom. The number of aromatic nitrogens is 1. The van der Waals surface area contributed by atoms with Crippen LogP contribution in [-0.2, 0) is 28.8 Å². The Morgan fingerprint density at radius 2 is 2.13 bits per heavy atom. The summed E-state index contributed by atoms with van der Waals surface area (Å²) in [4.78, 5) is 11.9. The van der Waals surface area contributed by atoms with Crippen LogP contribution in [0.5, 0.6) is 0 Å². The first-order valence-electron chi connectivity index (χ1n) is 8.12. The van der Waals surface area contributed by atoms with Gasteiger partial charge in [-0.3, -0.25) is 4.79 Å². The van der Waals surface area contributed by atoms with Crippen LogP contribution >= 0.6 is 0 Å². The van der Waals surface area contributed by atoms with Gasteiger partial charge < -0.3 is 14.6 Å². The first kappa shape index (κ1) is 15.7. The van der Waals surface area contributed by atoms with Gasteiger partial charge >= 0.3 is 0 Å². The Morgan fingerprint density at radius 3 is 2.91 bits per heavy atom. The standard InChI is InChI=1S/C18H22N2O3/c21-18(19-12-15-8-9-22-13-15)11-16-10-17(23-20-16)7-6-14-4-2-1-3-5-14/h1-5,10,15H,6-9,11-13H2,(H,19,21). The molecule has 0 bridgehead atoms. The number of aryl methyl sites for hydroxylation is 2. The molecule has 3 rings (SSSR count). The van der Waals surface area contributed by atoms with Crippen molar-refractivity contribution >= 4 is 5.91 Å². The van der Waals surface area contributed by atoms with Gasteiger partial charge in [-0.15, -0.1) is 0 Å². The van der Waals surface area contributed by atoms with E-state index < -0.39 is 0 Å². The summed E-state index contributed by atoms with van der Waals surface area (Å²) in [5, 5.41) is 6.93. The summed E-state index contributed by atoms with van der Waals surface area (Å²) in [5.41, 5.74) is 1.95. The lowest BCUT2D eigenvalue weighted by Crippen LogP contribution is -2.30. The predicted molar refractivity (Wildman–Crippen MR) is 86.0 cm³/mol. The average Bonchev–Trinajstić information content (AvgIpc) is 3.24. The first-order valence-corrected chi connectivity index (χ1v) is 8.12. The monoisotopic (exact) mass is 314 g/mol. The third-order valence-electron chi connectivity index (χ3n) is 4.06. The van der Waals surface area contributed by atoms with Crippen molar-refractivity contribution in [2.75, 3.05) is 19.8 Å². The summed E-state index contributed by atoms with van der Waals surface area (Å²) in [6.07, 6.45) is 2.98. The number of amides is 1. The normalized spacial score (nSPS) is 17.3. The third-order valence-corrected chi connectivity index (χ3v) is 4.06. The molecule has 1 aromatic heterocycles.